The van der Waals surface area contributed by atoms with Gasteiger partial charge in [-0.15, -0.1) is 11.3 Å². The molecule has 0 aliphatic heterocycles. The molecule has 1 amide bonds. The Morgan fingerprint density at radius 3 is 2.35 bits per heavy atom. The Morgan fingerprint density at radius 2 is 1.71 bits per heavy atom. The maximum Gasteiger partial charge on any atom is 0.341 e. The number of carbonyl (C=O) groups is 3. The van der Waals surface area contributed by atoms with E-state index in [9.17, 15) is 14.4 Å². The Hall–Kier alpha value is -2.67. The van der Waals surface area contributed by atoms with Crippen LogP contribution in [0.5, 0.6) is 0 Å². The van der Waals surface area contributed by atoms with Crippen molar-refractivity contribution < 1.29 is 23.9 Å². The summed E-state index contributed by atoms with van der Waals surface area (Å²) in [7, 11) is 0. The second-order valence-corrected chi connectivity index (χ2v) is 9.04. The quantitative estimate of drug-likeness (QED) is 0.590. The molecule has 1 heterocycles. The summed E-state index contributed by atoms with van der Waals surface area (Å²) in [5.41, 5.74) is 3.08. The van der Waals surface area contributed by atoms with Gasteiger partial charge < -0.3 is 14.8 Å². The third kappa shape index (κ3) is 5.73. The summed E-state index contributed by atoms with van der Waals surface area (Å²) in [6, 6.07) is 7.85. The van der Waals surface area contributed by atoms with Gasteiger partial charge in [0.15, 0.2) is 6.61 Å². The van der Waals surface area contributed by atoms with Crippen LogP contribution in [0.2, 0.25) is 0 Å². The van der Waals surface area contributed by atoms with Crippen molar-refractivity contribution in [2.75, 3.05) is 18.5 Å². The van der Waals surface area contributed by atoms with Crippen LogP contribution in [0.25, 0.3) is 11.1 Å². The number of thiophene rings is 1. The Balaban J connectivity index is 1.77. The summed E-state index contributed by atoms with van der Waals surface area (Å²) >= 11 is 1.31. The van der Waals surface area contributed by atoms with Crippen LogP contribution >= 0.6 is 11.3 Å². The highest BCUT2D eigenvalue weighted by atomic mass is 32.1. The second kappa shape index (κ2) is 10.6. The van der Waals surface area contributed by atoms with Crippen LogP contribution < -0.4 is 5.32 Å². The topological polar surface area (TPSA) is 81.7 Å². The minimum Gasteiger partial charge on any atom is -0.462 e. The summed E-state index contributed by atoms with van der Waals surface area (Å²) in [4.78, 5) is 38.3. The predicted octanol–water partition coefficient (Wildman–Crippen LogP) is 5.27. The number of esters is 2. The smallest absolute Gasteiger partial charge is 0.341 e. The third-order valence-electron chi connectivity index (χ3n) is 5.44. The largest absolute Gasteiger partial charge is 0.462 e. The summed E-state index contributed by atoms with van der Waals surface area (Å²) in [6.45, 7) is 5.51. The SMILES string of the molecule is CCOC(=O)c1c(NC(=O)COC(=O)C2CCCCC2)sc(C)c1-c1ccc(C)cc1. The molecule has 1 aliphatic carbocycles. The minimum absolute atomic E-state index is 0.117. The van der Waals surface area contributed by atoms with Crippen LogP contribution in [0, 0.1) is 19.8 Å². The molecule has 7 heteroatoms. The van der Waals surface area contributed by atoms with Crippen molar-refractivity contribution in [1.29, 1.82) is 0 Å². The van der Waals surface area contributed by atoms with Crippen molar-refractivity contribution >= 4 is 34.2 Å². The lowest BCUT2D eigenvalue weighted by Crippen LogP contribution is -2.26. The van der Waals surface area contributed by atoms with E-state index in [1.807, 2.05) is 38.1 Å². The summed E-state index contributed by atoms with van der Waals surface area (Å²) in [5.74, 6) is -1.39. The third-order valence-corrected chi connectivity index (χ3v) is 6.46. The molecule has 0 spiro atoms. The molecule has 0 bridgehead atoms. The standard InChI is InChI=1S/C24H29NO5S/c1-4-29-24(28)21-20(17-12-10-15(2)11-13-17)16(3)31-22(21)25-19(26)14-30-23(27)18-8-6-5-7-9-18/h10-13,18H,4-9,14H2,1-3H3,(H,25,26). The van der Waals surface area contributed by atoms with Crippen LogP contribution in [-0.4, -0.2) is 31.1 Å². The molecule has 1 saturated carbocycles. The minimum atomic E-state index is -0.489. The molecule has 0 atom stereocenters. The van der Waals surface area contributed by atoms with E-state index in [1.54, 1.807) is 6.92 Å². The van der Waals surface area contributed by atoms with Crippen LogP contribution in [-0.2, 0) is 19.1 Å². The van der Waals surface area contributed by atoms with Gasteiger partial charge in [0.05, 0.1) is 12.5 Å². The first kappa shape index (κ1) is 23.0. The Morgan fingerprint density at radius 1 is 1.03 bits per heavy atom. The average Bonchev–Trinajstić information content (AvgIpc) is 3.09. The number of rotatable bonds is 7. The molecule has 1 aromatic carbocycles. The molecule has 31 heavy (non-hydrogen) atoms. The lowest BCUT2D eigenvalue weighted by Gasteiger charge is -2.19. The fourth-order valence-corrected chi connectivity index (χ4v) is 4.93. The Bertz CT molecular complexity index is 942. The Kier molecular flexibility index (Phi) is 7.85. The van der Waals surface area contributed by atoms with Gasteiger partial charge in [-0.25, -0.2) is 4.79 Å². The number of hydrogen-bond acceptors (Lipinski definition) is 6. The maximum absolute atomic E-state index is 12.7. The monoisotopic (exact) mass is 443 g/mol. The zero-order valence-corrected chi connectivity index (χ0v) is 19.1. The summed E-state index contributed by atoms with van der Waals surface area (Å²) < 4.78 is 10.5. The van der Waals surface area contributed by atoms with Gasteiger partial charge in [-0.1, -0.05) is 49.1 Å². The van der Waals surface area contributed by atoms with Gasteiger partial charge in [0.1, 0.15) is 10.6 Å². The first-order valence-electron chi connectivity index (χ1n) is 10.7. The van der Waals surface area contributed by atoms with Gasteiger partial charge in [-0.2, -0.15) is 0 Å². The van der Waals surface area contributed by atoms with Gasteiger partial charge in [0.2, 0.25) is 0 Å². The lowest BCUT2D eigenvalue weighted by atomic mass is 9.89. The van der Waals surface area contributed by atoms with Crippen LogP contribution in [0.15, 0.2) is 24.3 Å². The van der Waals surface area contributed by atoms with Gasteiger partial charge in [0, 0.05) is 10.4 Å². The van der Waals surface area contributed by atoms with Crippen molar-refractivity contribution in [2.24, 2.45) is 5.92 Å². The molecular weight excluding hydrogens is 414 g/mol. The number of nitrogens with one attached hydrogen (secondary N) is 1. The second-order valence-electron chi connectivity index (χ2n) is 7.81. The van der Waals surface area contributed by atoms with Crippen LogP contribution in [0.4, 0.5) is 5.00 Å². The molecule has 2 aromatic rings. The van der Waals surface area contributed by atoms with Gasteiger partial charge >= 0.3 is 11.9 Å². The van der Waals surface area contributed by atoms with Gasteiger partial charge in [-0.3, -0.25) is 9.59 Å². The molecule has 1 aliphatic rings. The van der Waals surface area contributed by atoms with E-state index in [2.05, 4.69) is 5.32 Å². The van der Waals surface area contributed by atoms with Crippen molar-refractivity contribution in [3.63, 3.8) is 0 Å². The molecule has 6 nitrogen and oxygen atoms in total. The highest BCUT2D eigenvalue weighted by Crippen LogP contribution is 2.40. The van der Waals surface area contributed by atoms with Crippen LogP contribution in [0.3, 0.4) is 0 Å². The van der Waals surface area contributed by atoms with Crippen LogP contribution in [0.1, 0.15) is 59.8 Å². The fraction of sp³-hybridized carbons (Fsp3) is 0.458. The molecule has 1 aromatic heterocycles. The van der Waals surface area contributed by atoms with E-state index in [1.165, 1.54) is 11.3 Å². The van der Waals surface area contributed by atoms with E-state index in [0.717, 1.165) is 53.7 Å². The average molecular weight is 444 g/mol. The summed E-state index contributed by atoms with van der Waals surface area (Å²) in [6.07, 6.45) is 4.81. The van der Waals surface area contributed by atoms with Gasteiger partial charge in [-0.05, 0) is 39.2 Å². The van der Waals surface area contributed by atoms with Crippen molar-refractivity contribution in [3.05, 3.63) is 40.3 Å². The number of aryl methyl sites for hydroxylation is 2. The molecule has 0 unspecified atom stereocenters. The maximum atomic E-state index is 12.7. The number of amides is 1. The molecule has 0 saturated heterocycles. The van der Waals surface area contributed by atoms with Crippen molar-refractivity contribution in [2.45, 2.75) is 52.9 Å². The summed E-state index contributed by atoms with van der Waals surface area (Å²) in [5, 5.41) is 3.16. The highest BCUT2D eigenvalue weighted by Gasteiger charge is 2.27. The highest BCUT2D eigenvalue weighted by molar-refractivity contribution is 7.17. The van der Waals surface area contributed by atoms with E-state index in [0.29, 0.717) is 10.6 Å². The molecule has 3 rings (SSSR count). The molecule has 1 fully saturated rings. The number of carbonyl (C=O) groups excluding carboxylic acids is 3. The zero-order valence-electron chi connectivity index (χ0n) is 18.3. The lowest BCUT2D eigenvalue weighted by molar-refractivity contribution is -0.152. The molecule has 1 N–H and O–H groups in total. The fourth-order valence-electron chi connectivity index (χ4n) is 3.85. The number of benzene rings is 1. The number of hydrogen-bond donors (Lipinski definition) is 1. The first-order valence-corrected chi connectivity index (χ1v) is 11.6. The van der Waals surface area contributed by atoms with Crippen molar-refractivity contribution in [3.8, 4) is 11.1 Å². The van der Waals surface area contributed by atoms with Crippen molar-refractivity contribution in [1.82, 2.24) is 0 Å². The molecular formula is C24H29NO5S. The number of ether oxygens (including phenoxy) is 2. The zero-order chi connectivity index (χ0) is 22.4. The normalized spacial score (nSPS) is 14.2. The first-order chi connectivity index (χ1) is 14.9. The molecule has 166 valence electrons. The van der Waals surface area contributed by atoms with E-state index in [4.69, 9.17) is 9.47 Å². The van der Waals surface area contributed by atoms with Gasteiger partial charge in [0.25, 0.3) is 5.91 Å². The number of anilines is 1. The predicted molar refractivity (Wildman–Crippen MR) is 121 cm³/mol. The van der Waals surface area contributed by atoms with E-state index in [-0.39, 0.29) is 25.1 Å². The Labute approximate surface area is 186 Å². The van der Waals surface area contributed by atoms with E-state index < -0.39 is 11.9 Å². The molecule has 0 radical (unpaired) electrons. The van der Waals surface area contributed by atoms with E-state index >= 15 is 0 Å².